The van der Waals surface area contributed by atoms with Crippen LogP contribution in [0.25, 0.3) is 0 Å². The number of hydrogen-bond acceptors (Lipinski definition) is 4. The third-order valence-electron chi connectivity index (χ3n) is 3.25. The standard InChI is InChI=1S/C13H17N3O2S.ClH/c1-10-7-13(5-4-11(10)8-14)19(17,18)16-12-3-2-6-15-9-12;/h4-5,7,12,15-16H,2-3,6,9H2,1H3;1H/t12-;/m1./s1. The maximum atomic E-state index is 12.2. The average molecular weight is 316 g/mol. The van der Waals surface area contributed by atoms with Crippen LogP contribution in [0.1, 0.15) is 24.0 Å². The normalized spacial score (nSPS) is 18.9. The van der Waals surface area contributed by atoms with Gasteiger partial charge in [0, 0.05) is 12.6 Å². The van der Waals surface area contributed by atoms with E-state index in [1.165, 1.54) is 12.1 Å². The highest BCUT2D eigenvalue weighted by atomic mass is 35.5. The van der Waals surface area contributed by atoms with Crippen LogP contribution in [0.15, 0.2) is 23.1 Å². The van der Waals surface area contributed by atoms with Crippen LogP contribution in [-0.2, 0) is 10.0 Å². The van der Waals surface area contributed by atoms with Gasteiger partial charge in [-0.25, -0.2) is 13.1 Å². The summed E-state index contributed by atoms with van der Waals surface area (Å²) in [6.45, 7) is 3.34. The van der Waals surface area contributed by atoms with E-state index in [1.807, 2.05) is 6.07 Å². The third kappa shape index (κ3) is 3.93. The van der Waals surface area contributed by atoms with Crippen LogP contribution in [0.4, 0.5) is 0 Å². The Morgan fingerprint density at radius 3 is 2.75 bits per heavy atom. The molecule has 0 radical (unpaired) electrons. The monoisotopic (exact) mass is 315 g/mol. The van der Waals surface area contributed by atoms with Gasteiger partial charge in [0.15, 0.2) is 0 Å². The number of nitrogens with zero attached hydrogens (tertiary/aromatic N) is 1. The molecule has 1 aliphatic heterocycles. The molecular formula is C13H18ClN3O2S. The number of nitriles is 1. The van der Waals surface area contributed by atoms with E-state index in [-0.39, 0.29) is 23.3 Å². The molecule has 0 aliphatic carbocycles. The summed E-state index contributed by atoms with van der Waals surface area (Å²) < 4.78 is 27.2. The SMILES string of the molecule is Cc1cc(S(=O)(=O)N[C@@H]2CCCNC2)ccc1C#N.Cl. The first-order valence-corrected chi connectivity index (χ1v) is 7.75. The minimum absolute atomic E-state index is 0. The smallest absolute Gasteiger partial charge is 0.240 e. The third-order valence-corrected chi connectivity index (χ3v) is 4.77. The highest BCUT2D eigenvalue weighted by Gasteiger charge is 2.21. The number of rotatable bonds is 3. The highest BCUT2D eigenvalue weighted by molar-refractivity contribution is 7.89. The maximum absolute atomic E-state index is 12.2. The lowest BCUT2D eigenvalue weighted by Gasteiger charge is -2.23. The van der Waals surface area contributed by atoms with Crippen molar-refractivity contribution in [2.45, 2.75) is 30.7 Å². The Morgan fingerprint density at radius 1 is 1.45 bits per heavy atom. The molecule has 0 spiro atoms. The van der Waals surface area contributed by atoms with E-state index >= 15 is 0 Å². The number of piperidine rings is 1. The fraction of sp³-hybridized carbons (Fsp3) is 0.462. The molecule has 0 aromatic heterocycles. The van der Waals surface area contributed by atoms with Gasteiger partial charge < -0.3 is 5.32 Å². The van der Waals surface area contributed by atoms with Gasteiger partial charge in [0.05, 0.1) is 16.5 Å². The molecule has 2 rings (SSSR count). The van der Waals surface area contributed by atoms with Crippen molar-refractivity contribution in [2.24, 2.45) is 0 Å². The summed E-state index contributed by atoms with van der Waals surface area (Å²) >= 11 is 0. The van der Waals surface area contributed by atoms with E-state index in [9.17, 15) is 8.42 Å². The number of nitrogens with one attached hydrogen (secondary N) is 2. The average Bonchev–Trinajstić information content (AvgIpc) is 2.39. The molecule has 0 unspecified atom stereocenters. The molecule has 5 nitrogen and oxygen atoms in total. The van der Waals surface area contributed by atoms with Crippen molar-refractivity contribution >= 4 is 22.4 Å². The molecule has 0 saturated carbocycles. The Labute approximate surface area is 125 Å². The molecule has 1 aliphatic rings. The van der Waals surface area contributed by atoms with Gasteiger partial charge in [-0.05, 0) is 50.1 Å². The minimum atomic E-state index is -3.51. The molecule has 1 saturated heterocycles. The fourth-order valence-electron chi connectivity index (χ4n) is 2.17. The number of aryl methyl sites for hydroxylation is 1. The molecule has 0 amide bonds. The van der Waals surface area contributed by atoms with Gasteiger partial charge in [-0.3, -0.25) is 0 Å². The van der Waals surface area contributed by atoms with Crippen LogP contribution >= 0.6 is 12.4 Å². The summed E-state index contributed by atoms with van der Waals surface area (Å²) in [6, 6.07) is 6.53. The molecule has 110 valence electrons. The lowest BCUT2D eigenvalue weighted by atomic mass is 10.1. The van der Waals surface area contributed by atoms with Crippen LogP contribution in [0, 0.1) is 18.3 Å². The number of benzene rings is 1. The van der Waals surface area contributed by atoms with Crippen LogP contribution < -0.4 is 10.0 Å². The molecule has 0 bridgehead atoms. The minimum Gasteiger partial charge on any atom is -0.315 e. The number of sulfonamides is 1. The van der Waals surface area contributed by atoms with Crippen LogP contribution in [0.5, 0.6) is 0 Å². The van der Waals surface area contributed by atoms with Gasteiger partial charge in [0.2, 0.25) is 10.0 Å². The van der Waals surface area contributed by atoms with E-state index in [2.05, 4.69) is 10.0 Å². The van der Waals surface area contributed by atoms with E-state index in [4.69, 9.17) is 5.26 Å². The lowest BCUT2D eigenvalue weighted by Crippen LogP contribution is -2.45. The first-order valence-electron chi connectivity index (χ1n) is 6.27. The van der Waals surface area contributed by atoms with Gasteiger partial charge in [-0.2, -0.15) is 5.26 Å². The van der Waals surface area contributed by atoms with E-state index in [0.29, 0.717) is 17.7 Å². The van der Waals surface area contributed by atoms with Gasteiger partial charge >= 0.3 is 0 Å². The molecule has 1 aromatic carbocycles. The molecule has 20 heavy (non-hydrogen) atoms. The van der Waals surface area contributed by atoms with E-state index < -0.39 is 10.0 Å². The molecule has 1 atom stereocenters. The van der Waals surface area contributed by atoms with Crippen molar-refractivity contribution in [1.82, 2.24) is 10.0 Å². The summed E-state index contributed by atoms with van der Waals surface area (Å²) in [6.07, 6.45) is 1.82. The molecule has 7 heteroatoms. The predicted molar refractivity (Wildman–Crippen MR) is 79.4 cm³/mol. The predicted octanol–water partition coefficient (Wildman–Crippen LogP) is 1.32. The van der Waals surface area contributed by atoms with Gasteiger partial charge in [-0.1, -0.05) is 0 Å². The zero-order chi connectivity index (χ0) is 13.9. The summed E-state index contributed by atoms with van der Waals surface area (Å²) in [7, 11) is -3.51. The van der Waals surface area contributed by atoms with Crippen molar-refractivity contribution in [3.8, 4) is 6.07 Å². The highest BCUT2D eigenvalue weighted by Crippen LogP contribution is 2.16. The maximum Gasteiger partial charge on any atom is 0.240 e. The van der Waals surface area contributed by atoms with Crippen molar-refractivity contribution in [3.63, 3.8) is 0 Å². The second kappa shape index (κ2) is 7.04. The van der Waals surface area contributed by atoms with E-state index in [1.54, 1.807) is 13.0 Å². The van der Waals surface area contributed by atoms with Crippen LogP contribution in [0.3, 0.4) is 0 Å². The molecule has 1 aromatic rings. The van der Waals surface area contributed by atoms with E-state index in [0.717, 1.165) is 19.4 Å². The van der Waals surface area contributed by atoms with Crippen LogP contribution in [-0.4, -0.2) is 27.5 Å². The second-order valence-electron chi connectivity index (χ2n) is 4.75. The Morgan fingerprint density at radius 2 is 2.20 bits per heavy atom. The quantitative estimate of drug-likeness (QED) is 0.881. The van der Waals surface area contributed by atoms with Crippen molar-refractivity contribution in [3.05, 3.63) is 29.3 Å². The zero-order valence-electron chi connectivity index (χ0n) is 11.2. The van der Waals surface area contributed by atoms with Gasteiger partial charge in [0.25, 0.3) is 0 Å². The zero-order valence-corrected chi connectivity index (χ0v) is 12.9. The first kappa shape index (κ1) is 16.9. The Kier molecular flexibility index (Phi) is 5.96. The molecule has 1 heterocycles. The summed E-state index contributed by atoms with van der Waals surface area (Å²) in [4.78, 5) is 0.217. The molecule has 2 N–H and O–H groups in total. The van der Waals surface area contributed by atoms with Gasteiger partial charge in [0.1, 0.15) is 0 Å². The Bertz CT molecular complexity index is 605. The van der Waals surface area contributed by atoms with Crippen molar-refractivity contribution in [1.29, 1.82) is 5.26 Å². The topological polar surface area (TPSA) is 82.0 Å². The number of hydrogen-bond donors (Lipinski definition) is 2. The van der Waals surface area contributed by atoms with Crippen LogP contribution in [0.2, 0.25) is 0 Å². The van der Waals surface area contributed by atoms with Crippen molar-refractivity contribution in [2.75, 3.05) is 13.1 Å². The largest absolute Gasteiger partial charge is 0.315 e. The second-order valence-corrected chi connectivity index (χ2v) is 6.47. The summed E-state index contributed by atoms with van der Waals surface area (Å²) in [5.74, 6) is 0. The first-order chi connectivity index (χ1) is 9.03. The number of halogens is 1. The molecule has 1 fully saturated rings. The van der Waals surface area contributed by atoms with Gasteiger partial charge in [-0.15, -0.1) is 12.4 Å². The molecular weight excluding hydrogens is 298 g/mol. The van der Waals surface area contributed by atoms with Crippen molar-refractivity contribution < 1.29 is 8.42 Å². The lowest BCUT2D eigenvalue weighted by molar-refractivity contribution is 0.428. The Balaban J connectivity index is 0.00000200. The Hall–Kier alpha value is -1.13. The fourth-order valence-corrected chi connectivity index (χ4v) is 3.52. The summed E-state index contributed by atoms with van der Waals surface area (Å²) in [5, 5.41) is 12.0. The summed E-state index contributed by atoms with van der Waals surface area (Å²) in [5.41, 5.74) is 1.17.